The van der Waals surface area contributed by atoms with E-state index in [0.29, 0.717) is 6.04 Å². The highest BCUT2D eigenvalue weighted by atomic mass is 15.2. The maximum absolute atomic E-state index is 7.80. The summed E-state index contributed by atoms with van der Waals surface area (Å²) in [5.74, 6) is 0.865. The first-order valence-corrected chi connectivity index (χ1v) is 5.80. The molecule has 0 aromatic heterocycles. The van der Waals surface area contributed by atoms with Crippen LogP contribution < -0.4 is 0 Å². The van der Waals surface area contributed by atoms with Crippen LogP contribution in [0.5, 0.6) is 0 Å². The fourth-order valence-electron chi connectivity index (χ4n) is 2.56. The first-order chi connectivity index (χ1) is 6.77. The molecule has 0 spiro atoms. The van der Waals surface area contributed by atoms with E-state index in [2.05, 4.69) is 16.8 Å². The van der Waals surface area contributed by atoms with Gasteiger partial charge in [-0.3, -0.25) is 5.41 Å². The monoisotopic (exact) mass is 195 g/mol. The number of piperidine rings is 1. The fourth-order valence-corrected chi connectivity index (χ4v) is 2.56. The van der Waals surface area contributed by atoms with Crippen LogP contribution in [0.2, 0.25) is 0 Å². The van der Waals surface area contributed by atoms with E-state index in [-0.39, 0.29) is 0 Å². The number of hydrogen-bond donors (Lipinski definition) is 1. The molecule has 0 aromatic carbocycles. The van der Waals surface area contributed by atoms with Crippen molar-refractivity contribution >= 4 is 5.84 Å². The van der Waals surface area contributed by atoms with Gasteiger partial charge in [0.05, 0.1) is 5.84 Å². The lowest BCUT2D eigenvalue weighted by atomic mass is 10.0. The fraction of sp³-hybridized carbons (Fsp3) is 0.909. The van der Waals surface area contributed by atoms with E-state index in [9.17, 15) is 0 Å². The number of rotatable bonds is 2. The van der Waals surface area contributed by atoms with Crippen molar-refractivity contribution in [2.24, 2.45) is 0 Å². The Morgan fingerprint density at radius 1 is 1.29 bits per heavy atom. The molecule has 2 aliphatic rings. The molecule has 0 radical (unpaired) electrons. The number of amidine groups is 1. The van der Waals surface area contributed by atoms with Crippen LogP contribution in [0, 0.1) is 5.41 Å². The van der Waals surface area contributed by atoms with E-state index < -0.39 is 0 Å². The molecule has 14 heavy (non-hydrogen) atoms. The van der Waals surface area contributed by atoms with Crippen molar-refractivity contribution in [1.29, 1.82) is 5.41 Å². The van der Waals surface area contributed by atoms with Crippen LogP contribution in [0.3, 0.4) is 0 Å². The Kier molecular flexibility index (Phi) is 3.06. The standard InChI is InChI=1S/C11H21N3/c1-13-7-3-2-5-10(13)9-14-8-4-6-11(14)12/h10,12H,2-9H2,1H3. The molecule has 0 bridgehead atoms. The van der Waals surface area contributed by atoms with Gasteiger partial charge in [-0.2, -0.15) is 0 Å². The second-order valence-electron chi connectivity index (χ2n) is 4.63. The van der Waals surface area contributed by atoms with Crippen LogP contribution in [-0.4, -0.2) is 48.4 Å². The average Bonchev–Trinajstić information content (AvgIpc) is 2.56. The zero-order valence-electron chi connectivity index (χ0n) is 9.13. The summed E-state index contributed by atoms with van der Waals surface area (Å²) in [6.45, 7) is 3.45. The average molecular weight is 195 g/mol. The summed E-state index contributed by atoms with van der Waals surface area (Å²) in [7, 11) is 2.23. The SMILES string of the molecule is CN1CCCCC1CN1CCCC1=N. The van der Waals surface area contributed by atoms with E-state index >= 15 is 0 Å². The molecule has 3 heteroatoms. The molecule has 1 unspecified atom stereocenters. The van der Waals surface area contributed by atoms with Crippen LogP contribution in [-0.2, 0) is 0 Å². The summed E-state index contributed by atoms with van der Waals surface area (Å²) in [6.07, 6.45) is 6.23. The number of nitrogens with one attached hydrogen (secondary N) is 1. The van der Waals surface area contributed by atoms with Gasteiger partial charge >= 0.3 is 0 Å². The Morgan fingerprint density at radius 2 is 2.14 bits per heavy atom. The minimum atomic E-state index is 0.696. The summed E-state index contributed by atoms with van der Waals surface area (Å²) < 4.78 is 0. The lowest BCUT2D eigenvalue weighted by Gasteiger charge is -2.35. The van der Waals surface area contributed by atoms with Crippen molar-refractivity contribution in [3.05, 3.63) is 0 Å². The Hall–Kier alpha value is -0.570. The summed E-state index contributed by atoms with van der Waals surface area (Å²) in [4.78, 5) is 4.74. The molecule has 2 fully saturated rings. The van der Waals surface area contributed by atoms with Crippen molar-refractivity contribution in [2.45, 2.75) is 38.1 Å². The number of likely N-dealkylation sites (tertiary alicyclic amines) is 2. The van der Waals surface area contributed by atoms with Gasteiger partial charge in [0.2, 0.25) is 0 Å². The molecule has 2 heterocycles. The van der Waals surface area contributed by atoms with Crippen molar-refractivity contribution in [1.82, 2.24) is 9.80 Å². The minimum Gasteiger partial charge on any atom is -0.359 e. The van der Waals surface area contributed by atoms with Crippen molar-refractivity contribution in [3.63, 3.8) is 0 Å². The van der Waals surface area contributed by atoms with Crippen molar-refractivity contribution < 1.29 is 0 Å². The molecule has 1 atom stereocenters. The second kappa shape index (κ2) is 4.30. The van der Waals surface area contributed by atoms with Gasteiger partial charge < -0.3 is 9.80 Å². The van der Waals surface area contributed by atoms with Crippen molar-refractivity contribution in [2.75, 3.05) is 26.7 Å². The van der Waals surface area contributed by atoms with Crippen LogP contribution in [0.4, 0.5) is 0 Å². The highest BCUT2D eigenvalue weighted by Gasteiger charge is 2.24. The Bertz CT molecular complexity index is 215. The first kappa shape index (κ1) is 9.97. The van der Waals surface area contributed by atoms with Crippen LogP contribution in [0.15, 0.2) is 0 Å². The van der Waals surface area contributed by atoms with Crippen LogP contribution in [0.25, 0.3) is 0 Å². The maximum atomic E-state index is 7.80. The summed E-state index contributed by atoms with van der Waals surface area (Å²) in [5.41, 5.74) is 0. The highest BCUT2D eigenvalue weighted by molar-refractivity contribution is 5.80. The van der Waals surface area contributed by atoms with Gasteiger partial charge in [0.25, 0.3) is 0 Å². The van der Waals surface area contributed by atoms with Gasteiger partial charge in [0.15, 0.2) is 0 Å². The lowest BCUT2D eigenvalue weighted by molar-refractivity contribution is 0.159. The first-order valence-electron chi connectivity index (χ1n) is 5.80. The van der Waals surface area contributed by atoms with E-state index in [1.807, 2.05) is 0 Å². The van der Waals surface area contributed by atoms with Gasteiger partial charge in [-0.15, -0.1) is 0 Å². The third kappa shape index (κ3) is 2.08. The molecule has 0 saturated carbocycles. The Morgan fingerprint density at radius 3 is 2.79 bits per heavy atom. The predicted molar refractivity (Wildman–Crippen MR) is 58.8 cm³/mol. The molecule has 2 aliphatic heterocycles. The maximum Gasteiger partial charge on any atom is 0.0958 e. The molecular formula is C11H21N3. The van der Waals surface area contributed by atoms with Gasteiger partial charge in [-0.25, -0.2) is 0 Å². The van der Waals surface area contributed by atoms with Gasteiger partial charge in [-0.1, -0.05) is 6.42 Å². The van der Waals surface area contributed by atoms with Gasteiger partial charge in [0.1, 0.15) is 0 Å². The lowest BCUT2D eigenvalue weighted by Crippen LogP contribution is -2.44. The second-order valence-corrected chi connectivity index (χ2v) is 4.63. The van der Waals surface area contributed by atoms with Crippen molar-refractivity contribution in [3.8, 4) is 0 Å². The Balaban J connectivity index is 1.86. The number of nitrogens with zero attached hydrogens (tertiary/aromatic N) is 2. The number of likely N-dealkylation sites (N-methyl/N-ethyl adjacent to an activating group) is 1. The molecule has 0 amide bonds. The third-order valence-corrected chi connectivity index (χ3v) is 3.58. The molecule has 2 rings (SSSR count). The molecule has 3 nitrogen and oxygen atoms in total. The quantitative estimate of drug-likeness (QED) is 0.724. The van der Waals surface area contributed by atoms with E-state index in [1.54, 1.807) is 0 Å². The molecule has 2 saturated heterocycles. The van der Waals surface area contributed by atoms with Crippen LogP contribution in [0.1, 0.15) is 32.1 Å². The third-order valence-electron chi connectivity index (χ3n) is 3.58. The van der Waals surface area contributed by atoms with E-state index in [0.717, 1.165) is 25.3 Å². The molecule has 0 aliphatic carbocycles. The predicted octanol–water partition coefficient (Wildman–Crippen LogP) is 1.54. The Labute approximate surface area is 86.6 Å². The van der Waals surface area contributed by atoms with E-state index in [1.165, 1.54) is 32.2 Å². The summed E-state index contributed by atoms with van der Waals surface area (Å²) in [6, 6.07) is 0.696. The minimum absolute atomic E-state index is 0.696. The number of hydrogen-bond acceptors (Lipinski definition) is 2. The van der Waals surface area contributed by atoms with Gasteiger partial charge in [-0.05, 0) is 32.9 Å². The molecular weight excluding hydrogens is 174 g/mol. The molecule has 1 N–H and O–H groups in total. The topological polar surface area (TPSA) is 30.3 Å². The summed E-state index contributed by atoms with van der Waals surface area (Å²) >= 11 is 0. The van der Waals surface area contributed by atoms with Crippen LogP contribution >= 0.6 is 0 Å². The molecule has 0 aromatic rings. The molecule has 80 valence electrons. The van der Waals surface area contributed by atoms with E-state index in [4.69, 9.17) is 5.41 Å². The zero-order chi connectivity index (χ0) is 9.97. The van der Waals surface area contributed by atoms with Gasteiger partial charge in [0, 0.05) is 25.6 Å². The largest absolute Gasteiger partial charge is 0.359 e. The summed E-state index contributed by atoms with van der Waals surface area (Å²) in [5, 5.41) is 7.80. The zero-order valence-corrected chi connectivity index (χ0v) is 9.13. The highest BCUT2D eigenvalue weighted by Crippen LogP contribution is 2.18. The normalized spacial score (nSPS) is 29.9. The smallest absolute Gasteiger partial charge is 0.0958 e.